The first-order chi connectivity index (χ1) is 8.45. The van der Waals surface area contributed by atoms with Gasteiger partial charge in [0.1, 0.15) is 6.04 Å². The number of nitro groups is 1. The number of carbonyl (C=O) groups is 1. The highest BCUT2D eigenvalue weighted by Crippen LogP contribution is 2.22. The summed E-state index contributed by atoms with van der Waals surface area (Å²) in [5.74, 6) is -1.37. The number of ether oxygens (including phenoxy) is 1. The normalized spacial score (nSPS) is 13.7. The summed E-state index contributed by atoms with van der Waals surface area (Å²) in [7, 11) is 1.20. The molecule has 1 rings (SSSR count). The quantitative estimate of drug-likeness (QED) is 0.502. The Morgan fingerprint density at radius 3 is 2.50 bits per heavy atom. The second-order valence-corrected chi connectivity index (χ2v) is 4.64. The number of carbonyl (C=O) groups excluding carboxylic acids is 1. The van der Waals surface area contributed by atoms with Gasteiger partial charge < -0.3 is 10.5 Å². The minimum atomic E-state index is -1.05. The number of hydrogen-bond acceptors (Lipinski definition) is 5. The van der Waals surface area contributed by atoms with E-state index >= 15 is 0 Å². The van der Waals surface area contributed by atoms with Gasteiger partial charge in [-0.25, -0.2) is 0 Å². The van der Waals surface area contributed by atoms with Gasteiger partial charge >= 0.3 is 5.97 Å². The molecule has 0 aliphatic carbocycles. The van der Waals surface area contributed by atoms with Gasteiger partial charge in [0.2, 0.25) is 6.54 Å². The lowest BCUT2D eigenvalue weighted by Crippen LogP contribution is -2.40. The SMILES string of the molecule is COC(=O)[C@H](N)[C@@H](C[N+](=O)[O-])c1ccc(Br)cc1. The lowest BCUT2D eigenvalue weighted by atomic mass is 9.92. The van der Waals surface area contributed by atoms with E-state index in [4.69, 9.17) is 5.73 Å². The topological polar surface area (TPSA) is 95.5 Å². The predicted octanol–water partition coefficient (Wildman–Crippen LogP) is 1.31. The van der Waals surface area contributed by atoms with Crippen LogP contribution in [0.4, 0.5) is 0 Å². The number of hydrogen-bond donors (Lipinski definition) is 1. The minimum absolute atomic E-state index is 0.419. The first-order valence-corrected chi connectivity index (χ1v) is 5.95. The highest BCUT2D eigenvalue weighted by molar-refractivity contribution is 9.10. The smallest absolute Gasteiger partial charge is 0.323 e. The van der Waals surface area contributed by atoms with Crippen LogP contribution in [0.5, 0.6) is 0 Å². The molecule has 7 heteroatoms. The van der Waals surface area contributed by atoms with Crippen molar-refractivity contribution in [1.82, 2.24) is 0 Å². The fourth-order valence-corrected chi connectivity index (χ4v) is 1.86. The van der Waals surface area contributed by atoms with Gasteiger partial charge in [0.15, 0.2) is 0 Å². The summed E-state index contributed by atoms with van der Waals surface area (Å²) in [6, 6.07) is 5.82. The van der Waals surface area contributed by atoms with E-state index in [1.807, 2.05) is 0 Å². The fourth-order valence-electron chi connectivity index (χ4n) is 1.60. The number of nitrogens with zero attached hydrogens (tertiary/aromatic N) is 1. The zero-order valence-electron chi connectivity index (χ0n) is 9.71. The second-order valence-electron chi connectivity index (χ2n) is 3.72. The number of esters is 1. The highest BCUT2D eigenvalue weighted by atomic mass is 79.9. The van der Waals surface area contributed by atoms with Crippen LogP contribution in [0.25, 0.3) is 0 Å². The van der Waals surface area contributed by atoms with Crippen LogP contribution in [0.1, 0.15) is 11.5 Å². The molecule has 0 spiro atoms. The van der Waals surface area contributed by atoms with Gasteiger partial charge in [0.05, 0.1) is 13.0 Å². The first kappa shape index (κ1) is 14.6. The summed E-state index contributed by atoms with van der Waals surface area (Å²) in [4.78, 5) is 21.6. The molecule has 0 aromatic heterocycles. The van der Waals surface area contributed by atoms with Crippen LogP contribution in [0.15, 0.2) is 28.7 Å². The summed E-state index contributed by atoms with van der Waals surface area (Å²) in [6.45, 7) is -0.419. The lowest BCUT2D eigenvalue weighted by Gasteiger charge is -2.18. The molecule has 0 saturated carbocycles. The molecule has 0 aliphatic rings. The molecule has 1 aromatic rings. The van der Waals surface area contributed by atoms with E-state index in [-0.39, 0.29) is 0 Å². The number of nitrogens with two attached hydrogens (primary N) is 1. The third-order valence-electron chi connectivity index (χ3n) is 2.55. The Morgan fingerprint density at radius 2 is 2.06 bits per heavy atom. The Hall–Kier alpha value is -1.47. The Kier molecular flexibility index (Phi) is 5.24. The van der Waals surface area contributed by atoms with Crippen LogP contribution in [0.3, 0.4) is 0 Å². The molecule has 0 amide bonds. The molecule has 0 bridgehead atoms. The molecule has 1 aromatic carbocycles. The zero-order chi connectivity index (χ0) is 13.7. The van der Waals surface area contributed by atoms with Gasteiger partial charge in [0.25, 0.3) is 0 Å². The maximum Gasteiger partial charge on any atom is 0.323 e. The molecular weight excluding hydrogens is 304 g/mol. The first-order valence-electron chi connectivity index (χ1n) is 5.16. The van der Waals surface area contributed by atoms with Crippen molar-refractivity contribution in [3.8, 4) is 0 Å². The van der Waals surface area contributed by atoms with E-state index in [9.17, 15) is 14.9 Å². The fraction of sp³-hybridized carbons (Fsp3) is 0.364. The third-order valence-corrected chi connectivity index (χ3v) is 3.08. The molecule has 0 fully saturated rings. The maximum absolute atomic E-state index is 11.4. The molecule has 2 atom stereocenters. The Morgan fingerprint density at radius 1 is 1.50 bits per heavy atom. The van der Waals surface area contributed by atoms with Crippen molar-refractivity contribution < 1.29 is 14.5 Å². The molecule has 18 heavy (non-hydrogen) atoms. The van der Waals surface area contributed by atoms with E-state index in [2.05, 4.69) is 20.7 Å². The van der Waals surface area contributed by atoms with E-state index in [0.717, 1.165) is 4.47 Å². The van der Waals surface area contributed by atoms with Crippen LogP contribution in [-0.2, 0) is 9.53 Å². The monoisotopic (exact) mass is 316 g/mol. The van der Waals surface area contributed by atoms with Gasteiger partial charge in [0, 0.05) is 9.40 Å². The number of rotatable bonds is 5. The molecule has 2 N–H and O–H groups in total. The van der Waals surface area contributed by atoms with E-state index in [1.165, 1.54) is 7.11 Å². The molecule has 0 radical (unpaired) electrons. The molecule has 6 nitrogen and oxygen atoms in total. The maximum atomic E-state index is 11.4. The van der Waals surface area contributed by atoms with Gasteiger partial charge in [-0.1, -0.05) is 28.1 Å². The van der Waals surface area contributed by atoms with Gasteiger partial charge in [-0.3, -0.25) is 14.9 Å². The Bertz CT molecular complexity index is 435. The molecular formula is C11H13BrN2O4. The van der Waals surface area contributed by atoms with Crippen molar-refractivity contribution in [2.75, 3.05) is 13.7 Å². The number of halogens is 1. The lowest BCUT2D eigenvalue weighted by molar-refractivity contribution is -0.483. The summed E-state index contributed by atoms with van der Waals surface area (Å²) in [6.07, 6.45) is 0. The third kappa shape index (κ3) is 3.78. The summed E-state index contributed by atoms with van der Waals surface area (Å²) < 4.78 is 5.37. The van der Waals surface area contributed by atoms with Crippen molar-refractivity contribution >= 4 is 21.9 Å². The van der Waals surface area contributed by atoms with Crippen molar-refractivity contribution in [2.45, 2.75) is 12.0 Å². The largest absolute Gasteiger partial charge is 0.468 e. The predicted molar refractivity (Wildman–Crippen MR) is 68.7 cm³/mol. The van der Waals surface area contributed by atoms with Crippen LogP contribution >= 0.6 is 15.9 Å². The standard InChI is InChI=1S/C11H13BrN2O4/c1-18-11(15)10(13)9(6-14(16)17)7-2-4-8(12)5-3-7/h2-5,9-10H,6,13H2,1H3/t9-,10+/m0/s1. The average Bonchev–Trinajstić information content (AvgIpc) is 2.35. The second kappa shape index (κ2) is 6.46. The van der Waals surface area contributed by atoms with Gasteiger partial charge in [-0.15, -0.1) is 0 Å². The van der Waals surface area contributed by atoms with Crippen molar-refractivity contribution in [3.05, 3.63) is 44.4 Å². The van der Waals surface area contributed by atoms with Crippen molar-refractivity contribution in [1.29, 1.82) is 0 Å². The van der Waals surface area contributed by atoms with E-state index in [0.29, 0.717) is 5.56 Å². The zero-order valence-corrected chi connectivity index (χ0v) is 11.3. The molecule has 0 heterocycles. The van der Waals surface area contributed by atoms with Crippen molar-refractivity contribution in [3.63, 3.8) is 0 Å². The Labute approximate surface area is 112 Å². The molecule has 98 valence electrons. The Balaban J connectivity index is 3.00. The van der Waals surface area contributed by atoms with Crippen LogP contribution in [0, 0.1) is 10.1 Å². The van der Waals surface area contributed by atoms with E-state index in [1.54, 1.807) is 24.3 Å². The summed E-state index contributed by atoms with van der Waals surface area (Å²) in [5, 5.41) is 10.7. The summed E-state index contributed by atoms with van der Waals surface area (Å²) >= 11 is 3.27. The van der Waals surface area contributed by atoms with E-state index < -0.39 is 29.4 Å². The number of benzene rings is 1. The van der Waals surface area contributed by atoms with Crippen LogP contribution < -0.4 is 5.73 Å². The molecule has 0 unspecified atom stereocenters. The van der Waals surface area contributed by atoms with Crippen LogP contribution in [0.2, 0.25) is 0 Å². The molecule has 0 aliphatic heterocycles. The average molecular weight is 317 g/mol. The number of methoxy groups -OCH3 is 1. The van der Waals surface area contributed by atoms with Gasteiger partial charge in [-0.05, 0) is 17.7 Å². The van der Waals surface area contributed by atoms with Crippen LogP contribution in [-0.4, -0.2) is 30.6 Å². The highest BCUT2D eigenvalue weighted by Gasteiger charge is 2.31. The summed E-state index contributed by atoms with van der Waals surface area (Å²) in [5.41, 5.74) is 6.33. The minimum Gasteiger partial charge on any atom is -0.468 e. The molecule has 0 saturated heterocycles. The van der Waals surface area contributed by atoms with Gasteiger partial charge in [-0.2, -0.15) is 0 Å². The van der Waals surface area contributed by atoms with Crippen molar-refractivity contribution in [2.24, 2.45) is 5.73 Å².